The lowest BCUT2D eigenvalue weighted by atomic mass is 10.0. The van der Waals surface area contributed by atoms with Crippen molar-refractivity contribution in [3.05, 3.63) is 0 Å². The van der Waals surface area contributed by atoms with E-state index >= 15 is 0 Å². The standard InChI is InChI=1S/C62H120O6/c1-6-7-8-9-10-11-12-13-15-22-27-32-37-42-47-52-60(63)66-55-59(68-62(65)54-49-44-39-34-29-24-19-18-21-26-31-36-41-46-51-58(4)5)56-67-61(64)53-48-43-38-33-28-23-17-14-16-20-25-30-35-40-45-50-57(2)3/h57-59H,6-56H2,1-5H3/t59-/m1/s1. The molecule has 0 fully saturated rings. The second-order valence-electron chi connectivity index (χ2n) is 22.3. The molecule has 404 valence electrons. The van der Waals surface area contributed by atoms with Crippen molar-refractivity contribution in [1.82, 2.24) is 0 Å². The van der Waals surface area contributed by atoms with Gasteiger partial charge in [0.1, 0.15) is 13.2 Å². The summed E-state index contributed by atoms with van der Waals surface area (Å²) in [5, 5.41) is 0. The number of carbonyl (C=O) groups is 3. The van der Waals surface area contributed by atoms with Gasteiger partial charge in [-0.05, 0) is 31.1 Å². The molecule has 68 heavy (non-hydrogen) atoms. The first-order chi connectivity index (χ1) is 33.2. The third kappa shape index (κ3) is 55.3. The molecule has 0 aromatic heterocycles. The van der Waals surface area contributed by atoms with Gasteiger partial charge in [0.2, 0.25) is 0 Å². The smallest absolute Gasteiger partial charge is 0.306 e. The molecule has 0 spiro atoms. The van der Waals surface area contributed by atoms with Gasteiger partial charge >= 0.3 is 17.9 Å². The summed E-state index contributed by atoms with van der Waals surface area (Å²) in [4.78, 5) is 38.2. The van der Waals surface area contributed by atoms with E-state index in [0.717, 1.165) is 69.6 Å². The van der Waals surface area contributed by atoms with Crippen molar-refractivity contribution >= 4 is 17.9 Å². The molecule has 0 rings (SSSR count). The average Bonchev–Trinajstić information content (AvgIpc) is 3.31. The highest BCUT2D eigenvalue weighted by atomic mass is 16.6. The average molecular weight is 962 g/mol. The first kappa shape index (κ1) is 66.4. The van der Waals surface area contributed by atoms with Gasteiger partial charge < -0.3 is 14.2 Å². The van der Waals surface area contributed by atoms with Crippen molar-refractivity contribution in [2.24, 2.45) is 11.8 Å². The molecule has 0 aliphatic carbocycles. The molecule has 0 unspecified atom stereocenters. The molecule has 0 saturated heterocycles. The van der Waals surface area contributed by atoms with Crippen LogP contribution in [0.1, 0.15) is 349 Å². The lowest BCUT2D eigenvalue weighted by Gasteiger charge is -2.18. The Morgan fingerprint density at radius 3 is 0.721 bits per heavy atom. The number of ether oxygens (including phenoxy) is 3. The minimum absolute atomic E-state index is 0.0620. The Morgan fingerprint density at radius 1 is 0.279 bits per heavy atom. The van der Waals surface area contributed by atoms with Gasteiger partial charge in [-0.25, -0.2) is 0 Å². The molecule has 6 nitrogen and oxygen atoms in total. The van der Waals surface area contributed by atoms with Crippen molar-refractivity contribution in [1.29, 1.82) is 0 Å². The molecule has 6 heteroatoms. The lowest BCUT2D eigenvalue weighted by molar-refractivity contribution is -0.167. The summed E-state index contributed by atoms with van der Waals surface area (Å²) in [5.41, 5.74) is 0. The third-order valence-electron chi connectivity index (χ3n) is 14.2. The predicted molar refractivity (Wildman–Crippen MR) is 293 cm³/mol. The molecule has 0 aromatic rings. The fourth-order valence-electron chi connectivity index (χ4n) is 9.58. The van der Waals surface area contributed by atoms with Crippen molar-refractivity contribution in [2.75, 3.05) is 13.2 Å². The first-order valence-corrected chi connectivity index (χ1v) is 30.7. The predicted octanol–water partition coefficient (Wildman–Crippen LogP) is 20.4. The molecule has 0 aliphatic rings. The van der Waals surface area contributed by atoms with Crippen LogP contribution < -0.4 is 0 Å². The highest BCUT2D eigenvalue weighted by molar-refractivity contribution is 5.71. The molecule has 0 heterocycles. The number of esters is 3. The summed E-state index contributed by atoms with van der Waals surface area (Å²) < 4.78 is 16.9. The number of hydrogen-bond acceptors (Lipinski definition) is 6. The molecule has 0 saturated carbocycles. The van der Waals surface area contributed by atoms with Gasteiger partial charge in [0.25, 0.3) is 0 Å². The van der Waals surface area contributed by atoms with Crippen molar-refractivity contribution in [3.63, 3.8) is 0 Å². The Labute approximate surface area is 425 Å². The van der Waals surface area contributed by atoms with Crippen LogP contribution in [-0.4, -0.2) is 37.2 Å². The van der Waals surface area contributed by atoms with Gasteiger partial charge in [0.05, 0.1) is 0 Å². The highest BCUT2D eigenvalue weighted by Gasteiger charge is 2.19. The molecule has 0 aromatic carbocycles. The van der Waals surface area contributed by atoms with Gasteiger partial charge in [-0.15, -0.1) is 0 Å². The van der Waals surface area contributed by atoms with Gasteiger partial charge in [0, 0.05) is 19.3 Å². The fraction of sp³-hybridized carbons (Fsp3) is 0.952. The molecule has 0 aliphatic heterocycles. The monoisotopic (exact) mass is 961 g/mol. The summed E-state index contributed by atoms with van der Waals surface area (Å²) in [6.07, 6.45) is 59.5. The minimum atomic E-state index is -0.763. The zero-order chi connectivity index (χ0) is 49.6. The topological polar surface area (TPSA) is 78.9 Å². The Hall–Kier alpha value is -1.59. The molecule has 0 amide bonds. The Morgan fingerprint density at radius 2 is 0.485 bits per heavy atom. The van der Waals surface area contributed by atoms with Crippen LogP contribution in [0.25, 0.3) is 0 Å². The molecular formula is C62H120O6. The van der Waals surface area contributed by atoms with E-state index in [1.54, 1.807) is 0 Å². The Balaban J connectivity index is 4.29. The Bertz CT molecular complexity index is 1040. The van der Waals surface area contributed by atoms with E-state index in [4.69, 9.17) is 14.2 Å². The summed E-state index contributed by atoms with van der Waals surface area (Å²) in [5.74, 6) is 0.859. The van der Waals surface area contributed by atoms with Crippen LogP contribution in [0.4, 0.5) is 0 Å². The molecule has 1 atom stereocenters. The summed E-state index contributed by atoms with van der Waals surface area (Å²) in [7, 11) is 0. The van der Waals surface area contributed by atoms with E-state index in [1.165, 1.54) is 238 Å². The van der Waals surface area contributed by atoms with Crippen LogP contribution in [0.15, 0.2) is 0 Å². The third-order valence-corrected chi connectivity index (χ3v) is 14.2. The van der Waals surface area contributed by atoms with E-state index < -0.39 is 6.10 Å². The van der Waals surface area contributed by atoms with Crippen LogP contribution >= 0.6 is 0 Å². The zero-order valence-electron chi connectivity index (χ0n) is 46.7. The van der Waals surface area contributed by atoms with Crippen LogP contribution in [0.5, 0.6) is 0 Å². The summed E-state index contributed by atoms with van der Waals surface area (Å²) in [6, 6.07) is 0. The number of carbonyl (C=O) groups excluding carboxylic acids is 3. The quantitative estimate of drug-likeness (QED) is 0.0343. The Kier molecular flexibility index (Phi) is 53.5. The first-order valence-electron chi connectivity index (χ1n) is 30.7. The maximum atomic E-state index is 12.9. The van der Waals surface area contributed by atoms with Gasteiger partial charge in [0.15, 0.2) is 6.10 Å². The van der Waals surface area contributed by atoms with Crippen molar-refractivity contribution in [3.8, 4) is 0 Å². The van der Waals surface area contributed by atoms with Crippen molar-refractivity contribution in [2.45, 2.75) is 355 Å². The van der Waals surface area contributed by atoms with Crippen LogP contribution in [0.3, 0.4) is 0 Å². The van der Waals surface area contributed by atoms with Gasteiger partial charge in [-0.1, -0.05) is 311 Å². The SMILES string of the molecule is CCCCCCCCCCCCCCCCCC(=O)OC[C@H](COC(=O)CCCCCCCCCCCCCCCCCC(C)C)OC(=O)CCCCCCCCCCCCCCCCC(C)C. The largest absolute Gasteiger partial charge is 0.462 e. The van der Waals surface area contributed by atoms with Crippen LogP contribution in [0.2, 0.25) is 0 Å². The van der Waals surface area contributed by atoms with Crippen LogP contribution in [0, 0.1) is 11.8 Å². The van der Waals surface area contributed by atoms with E-state index in [0.29, 0.717) is 19.3 Å². The normalized spacial score (nSPS) is 12.0. The zero-order valence-corrected chi connectivity index (χ0v) is 46.7. The maximum absolute atomic E-state index is 12.9. The molecule has 0 bridgehead atoms. The molecule has 0 radical (unpaired) electrons. The minimum Gasteiger partial charge on any atom is -0.462 e. The number of hydrogen-bond donors (Lipinski definition) is 0. The number of rotatable bonds is 56. The van der Waals surface area contributed by atoms with Crippen molar-refractivity contribution < 1.29 is 28.6 Å². The van der Waals surface area contributed by atoms with Crippen LogP contribution in [-0.2, 0) is 28.6 Å². The van der Waals surface area contributed by atoms with E-state index in [-0.39, 0.29) is 31.1 Å². The van der Waals surface area contributed by atoms with E-state index in [1.807, 2.05) is 0 Å². The second-order valence-corrected chi connectivity index (χ2v) is 22.3. The molecule has 0 N–H and O–H groups in total. The van der Waals surface area contributed by atoms with E-state index in [2.05, 4.69) is 34.6 Å². The van der Waals surface area contributed by atoms with Gasteiger partial charge in [-0.2, -0.15) is 0 Å². The van der Waals surface area contributed by atoms with Gasteiger partial charge in [-0.3, -0.25) is 14.4 Å². The molecular weight excluding hydrogens is 841 g/mol. The summed E-state index contributed by atoms with van der Waals surface area (Å²) >= 11 is 0. The number of unbranched alkanes of at least 4 members (excludes halogenated alkanes) is 41. The summed E-state index contributed by atoms with van der Waals surface area (Å²) in [6.45, 7) is 11.4. The lowest BCUT2D eigenvalue weighted by Crippen LogP contribution is -2.30. The highest BCUT2D eigenvalue weighted by Crippen LogP contribution is 2.19. The maximum Gasteiger partial charge on any atom is 0.306 e. The van der Waals surface area contributed by atoms with E-state index in [9.17, 15) is 14.4 Å². The second kappa shape index (κ2) is 54.7. The fourth-order valence-corrected chi connectivity index (χ4v) is 9.58.